The average Bonchev–Trinajstić information content (AvgIpc) is 2.69. The summed E-state index contributed by atoms with van der Waals surface area (Å²) in [5.41, 5.74) is 2.23. The molecule has 3 nitrogen and oxygen atoms in total. The van der Waals surface area contributed by atoms with E-state index in [1.807, 2.05) is 0 Å². The van der Waals surface area contributed by atoms with E-state index in [-0.39, 0.29) is 5.38 Å². The highest BCUT2D eigenvalue weighted by molar-refractivity contribution is 7.18. The van der Waals surface area contributed by atoms with E-state index < -0.39 is 0 Å². The lowest BCUT2D eigenvalue weighted by Gasteiger charge is -2.14. The molecule has 5 heteroatoms. The lowest BCUT2D eigenvalue weighted by molar-refractivity contribution is 0.616. The first kappa shape index (κ1) is 12.6. The summed E-state index contributed by atoms with van der Waals surface area (Å²) >= 11 is 7.89. The first-order valence-electron chi connectivity index (χ1n) is 5.66. The van der Waals surface area contributed by atoms with Gasteiger partial charge in [-0.25, -0.2) is 9.97 Å². The van der Waals surface area contributed by atoms with Gasteiger partial charge >= 0.3 is 0 Å². The van der Waals surface area contributed by atoms with Gasteiger partial charge in [0.15, 0.2) is 0 Å². The molecular formula is C12H16ClN3S. The predicted octanol–water partition coefficient (Wildman–Crippen LogP) is 3.68. The summed E-state index contributed by atoms with van der Waals surface area (Å²) in [7, 11) is 0. The van der Waals surface area contributed by atoms with Crippen molar-refractivity contribution < 1.29 is 0 Å². The maximum Gasteiger partial charge on any atom is 0.147 e. The SMILES string of the molecule is Cc1csc2c(NCC(Cl)C(C)C)ncnc12. The summed E-state index contributed by atoms with van der Waals surface area (Å²) in [6.07, 6.45) is 1.60. The molecule has 2 aromatic heterocycles. The third-order valence-electron chi connectivity index (χ3n) is 2.72. The van der Waals surface area contributed by atoms with E-state index in [1.54, 1.807) is 17.7 Å². The maximum atomic E-state index is 6.22. The number of nitrogens with zero attached hydrogens (tertiary/aromatic N) is 2. The minimum atomic E-state index is 0.112. The van der Waals surface area contributed by atoms with Crippen LogP contribution in [-0.4, -0.2) is 21.9 Å². The van der Waals surface area contributed by atoms with Crippen LogP contribution >= 0.6 is 22.9 Å². The number of hydrogen-bond acceptors (Lipinski definition) is 4. The van der Waals surface area contributed by atoms with Gasteiger partial charge in [0.2, 0.25) is 0 Å². The van der Waals surface area contributed by atoms with Gasteiger partial charge in [0, 0.05) is 6.54 Å². The van der Waals surface area contributed by atoms with E-state index in [2.05, 4.69) is 41.4 Å². The van der Waals surface area contributed by atoms with Crippen molar-refractivity contribution in [2.24, 2.45) is 5.92 Å². The fourth-order valence-corrected chi connectivity index (χ4v) is 2.57. The van der Waals surface area contributed by atoms with Crippen LogP contribution in [-0.2, 0) is 0 Å². The van der Waals surface area contributed by atoms with Gasteiger partial charge in [-0.05, 0) is 23.8 Å². The molecule has 1 unspecified atom stereocenters. The molecule has 0 saturated carbocycles. The van der Waals surface area contributed by atoms with Crippen LogP contribution in [0.15, 0.2) is 11.7 Å². The summed E-state index contributed by atoms with van der Waals surface area (Å²) in [5, 5.41) is 5.52. The molecule has 92 valence electrons. The number of anilines is 1. The lowest BCUT2D eigenvalue weighted by Crippen LogP contribution is -2.20. The zero-order valence-corrected chi connectivity index (χ0v) is 11.8. The lowest BCUT2D eigenvalue weighted by atomic mass is 10.1. The second kappa shape index (κ2) is 5.19. The second-order valence-corrected chi connectivity index (χ2v) is 5.90. The zero-order valence-electron chi connectivity index (χ0n) is 10.2. The van der Waals surface area contributed by atoms with Gasteiger partial charge in [0.25, 0.3) is 0 Å². The molecule has 2 rings (SSSR count). The maximum absolute atomic E-state index is 6.22. The standard InChI is InChI=1S/C12H16ClN3S/c1-7(2)9(13)4-14-12-11-10(15-6-16-12)8(3)5-17-11/h5-7,9H,4H2,1-3H3,(H,14,15,16). The Morgan fingerprint density at radius 2 is 2.18 bits per heavy atom. The Kier molecular flexibility index (Phi) is 3.84. The molecular weight excluding hydrogens is 254 g/mol. The molecule has 0 fully saturated rings. The summed E-state index contributed by atoms with van der Waals surface area (Å²) in [6, 6.07) is 0. The van der Waals surface area contributed by atoms with Crippen LogP contribution < -0.4 is 5.32 Å². The summed E-state index contributed by atoms with van der Waals surface area (Å²) in [6.45, 7) is 7.02. The number of fused-ring (bicyclic) bond motifs is 1. The third kappa shape index (κ3) is 2.69. The molecule has 1 N–H and O–H groups in total. The quantitative estimate of drug-likeness (QED) is 0.861. The summed E-state index contributed by atoms with van der Waals surface area (Å²) in [4.78, 5) is 8.57. The van der Waals surface area contributed by atoms with Crippen LogP contribution in [0.1, 0.15) is 19.4 Å². The molecule has 1 atom stereocenters. The number of halogens is 1. The Balaban J connectivity index is 2.19. The van der Waals surface area contributed by atoms with Crippen molar-refractivity contribution in [2.75, 3.05) is 11.9 Å². The van der Waals surface area contributed by atoms with Gasteiger partial charge < -0.3 is 5.32 Å². The van der Waals surface area contributed by atoms with Crippen LogP contribution in [0.4, 0.5) is 5.82 Å². The summed E-state index contributed by atoms with van der Waals surface area (Å²) in [5.74, 6) is 1.34. The number of hydrogen-bond donors (Lipinski definition) is 1. The normalized spacial score (nSPS) is 13.2. The average molecular weight is 270 g/mol. The minimum absolute atomic E-state index is 0.112. The van der Waals surface area contributed by atoms with Gasteiger partial charge in [0.1, 0.15) is 12.1 Å². The number of aromatic nitrogens is 2. The number of aryl methyl sites for hydroxylation is 1. The number of nitrogens with one attached hydrogen (secondary N) is 1. The van der Waals surface area contributed by atoms with E-state index in [4.69, 9.17) is 11.6 Å². The summed E-state index contributed by atoms with van der Waals surface area (Å²) < 4.78 is 1.11. The molecule has 0 amide bonds. The van der Waals surface area contributed by atoms with Gasteiger partial charge in [-0.1, -0.05) is 13.8 Å². The predicted molar refractivity (Wildman–Crippen MR) is 75.1 cm³/mol. The van der Waals surface area contributed by atoms with Crippen LogP contribution in [0, 0.1) is 12.8 Å². The van der Waals surface area contributed by atoms with Crippen molar-refractivity contribution >= 4 is 39.0 Å². The van der Waals surface area contributed by atoms with Gasteiger partial charge in [-0.2, -0.15) is 0 Å². The van der Waals surface area contributed by atoms with Crippen molar-refractivity contribution in [3.63, 3.8) is 0 Å². The van der Waals surface area contributed by atoms with E-state index in [1.165, 1.54) is 5.56 Å². The molecule has 0 aliphatic heterocycles. The van der Waals surface area contributed by atoms with Gasteiger partial charge in [0.05, 0.1) is 15.6 Å². The minimum Gasteiger partial charge on any atom is -0.367 e. The van der Waals surface area contributed by atoms with Crippen molar-refractivity contribution in [1.29, 1.82) is 0 Å². The van der Waals surface area contributed by atoms with E-state index in [0.717, 1.165) is 22.6 Å². The molecule has 0 aliphatic rings. The molecule has 0 aromatic carbocycles. The first-order valence-corrected chi connectivity index (χ1v) is 6.98. The van der Waals surface area contributed by atoms with Crippen LogP contribution in [0.5, 0.6) is 0 Å². The smallest absolute Gasteiger partial charge is 0.147 e. The van der Waals surface area contributed by atoms with Crippen molar-refractivity contribution in [1.82, 2.24) is 9.97 Å². The molecule has 2 aromatic rings. The second-order valence-electron chi connectivity index (χ2n) is 4.46. The van der Waals surface area contributed by atoms with Crippen molar-refractivity contribution in [2.45, 2.75) is 26.1 Å². The molecule has 0 bridgehead atoms. The Morgan fingerprint density at radius 3 is 2.88 bits per heavy atom. The monoisotopic (exact) mass is 269 g/mol. The van der Waals surface area contributed by atoms with Gasteiger partial charge in [-0.15, -0.1) is 22.9 Å². The largest absolute Gasteiger partial charge is 0.367 e. The fraction of sp³-hybridized carbons (Fsp3) is 0.500. The molecule has 0 spiro atoms. The molecule has 17 heavy (non-hydrogen) atoms. The van der Waals surface area contributed by atoms with Crippen molar-refractivity contribution in [3.05, 3.63) is 17.3 Å². The molecule has 0 radical (unpaired) electrons. The Hall–Kier alpha value is -0.870. The fourth-order valence-electron chi connectivity index (χ4n) is 1.53. The van der Waals surface area contributed by atoms with Crippen LogP contribution in [0.25, 0.3) is 10.2 Å². The third-order valence-corrected chi connectivity index (χ3v) is 4.47. The number of alkyl halides is 1. The number of rotatable bonds is 4. The Morgan fingerprint density at radius 1 is 1.41 bits per heavy atom. The van der Waals surface area contributed by atoms with E-state index >= 15 is 0 Å². The highest BCUT2D eigenvalue weighted by atomic mass is 35.5. The topological polar surface area (TPSA) is 37.8 Å². The van der Waals surface area contributed by atoms with Crippen molar-refractivity contribution in [3.8, 4) is 0 Å². The van der Waals surface area contributed by atoms with E-state index in [9.17, 15) is 0 Å². The Bertz CT molecular complexity index is 509. The zero-order chi connectivity index (χ0) is 12.4. The van der Waals surface area contributed by atoms with Gasteiger partial charge in [-0.3, -0.25) is 0 Å². The van der Waals surface area contributed by atoms with Crippen LogP contribution in [0.2, 0.25) is 0 Å². The first-order chi connectivity index (χ1) is 8.09. The highest BCUT2D eigenvalue weighted by Gasteiger charge is 2.12. The highest BCUT2D eigenvalue weighted by Crippen LogP contribution is 2.28. The molecule has 0 saturated heterocycles. The molecule has 2 heterocycles. The Labute approximate surface area is 110 Å². The van der Waals surface area contributed by atoms with E-state index in [0.29, 0.717) is 5.92 Å². The molecule has 0 aliphatic carbocycles. The van der Waals surface area contributed by atoms with Crippen LogP contribution in [0.3, 0.4) is 0 Å². The number of thiophene rings is 1.